The standard InChI is InChI=1S/C23H21N3O4S/c1-2-30-21(28)13-10-16-8-11-18(12-9-16)24-20(27)14-19-15-31-23(25-19)26-22(29)17-6-4-3-5-7-17/h3-13,15H,2,14H2,1H3,(H,24,27)(H,25,26,29)/b13-10+. The van der Waals surface area contributed by atoms with Crippen molar-refractivity contribution in [2.24, 2.45) is 0 Å². The van der Waals surface area contributed by atoms with Crippen LogP contribution in [0.1, 0.15) is 28.5 Å². The highest BCUT2D eigenvalue weighted by Crippen LogP contribution is 2.18. The monoisotopic (exact) mass is 435 g/mol. The number of ether oxygens (including phenoxy) is 1. The summed E-state index contributed by atoms with van der Waals surface area (Å²) in [6.07, 6.45) is 3.08. The molecular formula is C23H21N3O4S. The van der Waals surface area contributed by atoms with Crippen LogP contribution in [0.3, 0.4) is 0 Å². The number of carbonyl (C=O) groups excluding carboxylic acids is 3. The lowest BCUT2D eigenvalue weighted by molar-refractivity contribution is -0.137. The third kappa shape index (κ3) is 6.90. The van der Waals surface area contributed by atoms with E-state index in [2.05, 4.69) is 15.6 Å². The molecule has 0 atom stereocenters. The lowest BCUT2D eigenvalue weighted by Gasteiger charge is -2.04. The normalized spacial score (nSPS) is 10.6. The molecule has 0 bridgehead atoms. The second-order valence-electron chi connectivity index (χ2n) is 6.40. The molecule has 1 heterocycles. The first-order chi connectivity index (χ1) is 15.0. The van der Waals surface area contributed by atoms with Gasteiger partial charge in [-0.25, -0.2) is 9.78 Å². The van der Waals surface area contributed by atoms with E-state index in [0.29, 0.717) is 28.7 Å². The SMILES string of the molecule is CCOC(=O)/C=C/c1ccc(NC(=O)Cc2csc(NC(=O)c3ccccc3)n2)cc1. The van der Waals surface area contributed by atoms with E-state index in [1.807, 2.05) is 6.07 Å². The van der Waals surface area contributed by atoms with Crippen LogP contribution in [0.25, 0.3) is 6.08 Å². The molecule has 8 heteroatoms. The van der Waals surface area contributed by atoms with Crippen molar-refractivity contribution in [3.05, 3.63) is 82.9 Å². The fraction of sp³-hybridized carbons (Fsp3) is 0.130. The van der Waals surface area contributed by atoms with Crippen LogP contribution in [0.4, 0.5) is 10.8 Å². The zero-order valence-corrected chi connectivity index (χ0v) is 17.6. The maximum absolute atomic E-state index is 12.3. The van der Waals surface area contributed by atoms with Crippen molar-refractivity contribution in [3.8, 4) is 0 Å². The lowest BCUT2D eigenvalue weighted by atomic mass is 10.2. The molecule has 0 aliphatic heterocycles. The number of rotatable bonds is 8. The van der Waals surface area contributed by atoms with Crippen molar-refractivity contribution in [2.75, 3.05) is 17.2 Å². The van der Waals surface area contributed by atoms with E-state index in [0.717, 1.165) is 5.56 Å². The number of nitrogens with zero attached hydrogens (tertiary/aromatic N) is 1. The Hall–Kier alpha value is -3.78. The molecule has 0 radical (unpaired) electrons. The zero-order valence-electron chi connectivity index (χ0n) is 16.8. The molecule has 0 saturated carbocycles. The van der Waals surface area contributed by atoms with Gasteiger partial charge in [0.15, 0.2) is 5.13 Å². The number of benzene rings is 2. The molecule has 7 nitrogen and oxygen atoms in total. The largest absolute Gasteiger partial charge is 0.463 e. The van der Waals surface area contributed by atoms with Crippen molar-refractivity contribution in [1.82, 2.24) is 4.98 Å². The molecule has 31 heavy (non-hydrogen) atoms. The first-order valence-electron chi connectivity index (χ1n) is 9.59. The summed E-state index contributed by atoms with van der Waals surface area (Å²) in [5.41, 5.74) is 2.55. The van der Waals surface area contributed by atoms with Crippen LogP contribution in [0, 0.1) is 0 Å². The van der Waals surface area contributed by atoms with Crippen LogP contribution < -0.4 is 10.6 Å². The molecule has 158 valence electrons. The summed E-state index contributed by atoms with van der Waals surface area (Å²) in [6, 6.07) is 15.9. The molecule has 3 rings (SSSR count). The van der Waals surface area contributed by atoms with Gasteiger partial charge >= 0.3 is 5.97 Å². The van der Waals surface area contributed by atoms with Crippen molar-refractivity contribution < 1.29 is 19.1 Å². The van der Waals surface area contributed by atoms with Crippen LogP contribution in [0.15, 0.2) is 66.1 Å². The molecule has 2 aromatic carbocycles. The number of anilines is 2. The minimum Gasteiger partial charge on any atom is -0.463 e. The summed E-state index contributed by atoms with van der Waals surface area (Å²) in [4.78, 5) is 40.1. The Balaban J connectivity index is 1.51. The van der Waals surface area contributed by atoms with Crippen LogP contribution >= 0.6 is 11.3 Å². The summed E-state index contributed by atoms with van der Waals surface area (Å²) in [6.45, 7) is 2.07. The second kappa shape index (κ2) is 10.8. The van der Waals surface area contributed by atoms with E-state index in [1.165, 1.54) is 17.4 Å². The van der Waals surface area contributed by atoms with E-state index >= 15 is 0 Å². The third-order valence-corrected chi connectivity index (χ3v) is 4.85. The third-order valence-electron chi connectivity index (χ3n) is 4.04. The van der Waals surface area contributed by atoms with Crippen molar-refractivity contribution >= 4 is 46.0 Å². The minimum absolute atomic E-state index is 0.0855. The zero-order chi connectivity index (χ0) is 22.1. The molecule has 2 amide bonds. The summed E-state index contributed by atoms with van der Waals surface area (Å²) in [5.74, 6) is -0.869. The van der Waals surface area contributed by atoms with E-state index in [-0.39, 0.29) is 18.2 Å². The van der Waals surface area contributed by atoms with E-state index in [1.54, 1.807) is 66.9 Å². The maximum Gasteiger partial charge on any atom is 0.330 e. The fourth-order valence-corrected chi connectivity index (χ4v) is 3.31. The Labute approximate surface area is 183 Å². The van der Waals surface area contributed by atoms with Gasteiger partial charge in [0, 0.05) is 22.7 Å². The Bertz CT molecular complexity index is 1080. The van der Waals surface area contributed by atoms with Gasteiger partial charge in [-0.15, -0.1) is 11.3 Å². The fourth-order valence-electron chi connectivity index (χ4n) is 2.61. The van der Waals surface area contributed by atoms with Gasteiger partial charge in [0.25, 0.3) is 5.91 Å². The molecule has 0 saturated heterocycles. The van der Waals surface area contributed by atoms with Gasteiger partial charge in [-0.2, -0.15) is 0 Å². The predicted molar refractivity (Wildman–Crippen MR) is 121 cm³/mol. The van der Waals surface area contributed by atoms with E-state index < -0.39 is 5.97 Å². The van der Waals surface area contributed by atoms with Gasteiger partial charge < -0.3 is 10.1 Å². The maximum atomic E-state index is 12.3. The van der Waals surface area contributed by atoms with Gasteiger partial charge in [-0.1, -0.05) is 30.3 Å². The van der Waals surface area contributed by atoms with Crippen molar-refractivity contribution in [1.29, 1.82) is 0 Å². The Morgan fingerprint density at radius 1 is 1.03 bits per heavy atom. The first-order valence-corrected chi connectivity index (χ1v) is 10.5. The second-order valence-corrected chi connectivity index (χ2v) is 7.25. The smallest absolute Gasteiger partial charge is 0.330 e. The highest BCUT2D eigenvalue weighted by Gasteiger charge is 2.11. The molecular weight excluding hydrogens is 414 g/mol. The van der Waals surface area contributed by atoms with Crippen LogP contribution in [-0.4, -0.2) is 29.4 Å². The van der Waals surface area contributed by atoms with Gasteiger partial charge in [0.05, 0.1) is 18.7 Å². The molecule has 0 unspecified atom stereocenters. The van der Waals surface area contributed by atoms with E-state index in [9.17, 15) is 14.4 Å². The number of esters is 1. The average molecular weight is 436 g/mol. The molecule has 1 aromatic heterocycles. The highest BCUT2D eigenvalue weighted by molar-refractivity contribution is 7.14. The number of aromatic nitrogens is 1. The number of hydrogen-bond donors (Lipinski definition) is 2. The average Bonchev–Trinajstić information content (AvgIpc) is 3.20. The van der Waals surface area contributed by atoms with Crippen molar-refractivity contribution in [3.63, 3.8) is 0 Å². The number of nitrogens with one attached hydrogen (secondary N) is 2. The number of thiazole rings is 1. The summed E-state index contributed by atoms with van der Waals surface area (Å²) in [7, 11) is 0. The van der Waals surface area contributed by atoms with Crippen molar-refractivity contribution in [2.45, 2.75) is 13.3 Å². The van der Waals surface area contributed by atoms with Gasteiger partial charge in [0.1, 0.15) is 0 Å². The Morgan fingerprint density at radius 3 is 2.48 bits per heavy atom. The van der Waals surface area contributed by atoms with Gasteiger partial charge in [0.2, 0.25) is 5.91 Å². The molecule has 0 aliphatic carbocycles. The number of hydrogen-bond acceptors (Lipinski definition) is 6. The molecule has 2 N–H and O–H groups in total. The van der Waals surface area contributed by atoms with E-state index in [4.69, 9.17) is 4.74 Å². The first kappa shape index (κ1) is 21.9. The highest BCUT2D eigenvalue weighted by atomic mass is 32.1. The summed E-state index contributed by atoms with van der Waals surface area (Å²) in [5, 5.41) is 7.71. The lowest BCUT2D eigenvalue weighted by Crippen LogP contribution is -2.15. The minimum atomic E-state index is -0.400. The van der Waals surface area contributed by atoms with Crippen LogP contribution in [0.2, 0.25) is 0 Å². The van der Waals surface area contributed by atoms with Crippen LogP contribution in [0.5, 0.6) is 0 Å². The molecule has 3 aromatic rings. The van der Waals surface area contributed by atoms with Gasteiger partial charge in [-0.3, -0.25) is 14.9 Å². The summed E-state index contributed by atoms with van der Waals surface area (Å²) < 4.78 is 4.83. The molecule has 0 aliphatic rings. The quantitative estimate of drug-likeness (QED) is 0.409. The predicted octanol–water partition coefficient (Wildman–Crippen LogP) is 4.15. The Kier molecular flexibility index (Phi) is 7.67. The number of amides is 2. The molecule has 0 spiro atoms. The topological polar surface area (TPSA) is 97.4 Å². The van der Waals surface area contributed by atoms with Crippen LogP contribution in [-0.2, 0) is 20.7 Å². The Morgan fingerprint density at radius 2 is 1.77 bits per heavy atom. The van der Waals surface area contributed by atoms with Gasteiger partial charge in [-0.05, 0) is 42.8 Å². The number of carbonyl (C=O) groups is 3. The molecule has 0 fully saturated rings. The summed E-state index contributed by atoms with van der Waals surface area (Å²) >= 11 is 1.27.